The van der Waals surface area contributed by atoms with E-state index < -0.39 is 22.1 Å². The van der Waals surface area contributed by atoms with E-state index in [2.05, 4.69) is 27.5 Å². The number of aliphatic hydroxyl groups excluding tert-OH is 1. The first-order valence-corrected chi connectivity index (χ1v) is 12.8. The maximum atomic E-state index is 13.2. The van der Waals surface area contributed by atoms with Gasteiger partial charge in [0.25, 0.3) is 10.0 Å². The Morgan fingerprint density at radius 1 is 1.29 bits per heavy atom. The molecule has 7 nitrogen and oxygen atoms in total. The standard InChI is InChI=1S/C21H20F3N3O4S3/c1-12-3-2-4-16(7-12)34(29,30)27(32)18-10-14(31-21(22,23)24)8-13-9-17(26-19(13)18)20-25-11-15(33-20)5-6-28/h2-4,7-10,15,26,28,32H,5-6,11H2,1H3. The number of alkyl halides is 3. The molecule has 0 fully saturated rings. The molecule has 2 N–H and O–H groups in total. The van der Waals surface area contributed by atoms with Gasteiger partial charge in [0.05, 0.1) is 28.3 Å². The van der Waals surface area contributed by atoms with Crippen molar-refractivity contribution >= 4 is 56.2 Å². The van der Waals surface area contributed by atoms with Gasteiger partial charge < -0.3 is 14.8 Å². The number of thioether (sulfide) groups is 1. The summed E-state index contributed by atoms with van der Waals surface area (Å²) in [5.74, 6) is -0.585. The number of H-pyrrole nitrogens is 1. The number of nitrogens with one attached hydrogen (secondary N) is 1. The van der Waals surface area contributed by atoms with Crippen LogP contribution < -0.4 is 8.45 Å². The van der Waals surface area contributed by atoms with Gasteiger partial charge in [0.1, 0.15) is 10.8 Å². The molecule has 0 radical (unpaired) electrons. The highest BCUT2D eigenvalue weighted by Gasteiger charge is 2.33. The van der Waals surface area contributed by atoms with Crippen LogP contribution in [0.25, 0.3) is 10.9 Å². The summed E-state index contributed by atoms with van der Waals surface area (Å²) in [5, 5.41) is 10.1. The molecule has 0 amide bonds. The van der Waals surface area contributed by atoms with E-state index >= 15 is 0 Å². The van der Waals surface area contributed by atoms with Crippen molar-refractivity contribution in [1.82, 2.24) is 4.98 Å². The van der Waals surface area contributed by atoms with Crippen LogP contribution in [0.5, 0.6) is 5.75 Å². The summed E-state index contributed by atoms with van der Waals surface area (Å²) in [6, 6.07) is 9.82. The molecular formula is C21H20F3N3O4S3. The van der Waals surface area contributed by atoms with Crippen LogP contribution in [0.4, 0.5) is 18.9 Å². The van der Waals surface area contributed by atoms with Gasteiger partial charge in [0, 0.05) is 23.3 Å². The lowest BCUT2D eigenvalue weighted by molar-refractivity contribution is -0.274. The van der Waals surface area contributed by atoms with Gasteiger partial charge in [-0.3, -0.25) is 4.99 Å². The van der Waals surface area contributed by atoms with E-state index in [4.69, 9.17) is 5.11 Å². The number of fused-ring (bicyclic) bond motifs is 1. The Labute approximate surface area is 203 Å². The summed E-state index contributed by atoms with van der Waals surface area (Å²) in [6.07, 6.45) is -4.42. The minimum absolute atomic E-state index is 0.0148. The maximum absolute atomic E-state index is 13.2. The highest BCUT2D eigenvalue weighted by molar-refractivity contribution is 8.15. The van der Waals surface area contributed by atoms with Crippen LogP contribution >= 0.6 is 24.6 Å². The molecule has 1 aromatic heterocycles. The first kappa shape index (κ1) is 24.8. The third-order valence-electron chi connectivity index (χ3n) is 5.03. The van der Waals surface area contributed by atoms with Crippen LogP contribution in [0.2, 0.25) is 0 Å². The molecule has 1 unspecified atom stereocenters. The zero-order chi connectivity index (χ0) is 24.7. The summed E-state index contributed by atoms with van der Waals surface area (Å²) >= 11 is 5.60. The summed E-state index contributed by atoms with van der Waals surface area (Å²) in [4.78, 5) is 7.44. The van der Waals surface area contributed by atoms with Crippen molar-refractivity contribution < 1.29 is 31.4 Å². The predicted octanol–water partition coefficient (Wildman–Crippen LogP) is 4.66. The Kier molecular flexibility index (Phi) is 6.82. The van der Waals surface area contributed by atoms with Gasteiger partial charge in [-0.1, -0.05) is 23.9 Å². The molecule has 0 spiro atoms. The third-order valence-corrected chi connectivity index (χ3v) is 8.69. The molecule has 4 rings (SSSR count). The van der Waals surface area contributed by atoms with Gasteiger partial charge in [-0.15, -0.1) is 13.2 Å². The second-order valence-electron chi connectivity index (χ2n) is 7.60. The topological polar surface area (TPSA) is 95.0 Å². The van der Waals surface area contributed by atoms with Crippen molar-refractivity contribution in [3.8, 4) is 5.75 Å². The number of nitrogens with zero attached hydrogens (tertiary/aromatic N) is 2. The fraction of sp³-hybridized carbons (Fsp3) is 0.286. The van der Waals surface area contributed by atoms with E-state index in [9.17, 15) is 21.6 Å². The van der Waals surface area contributed by atoms with Crippen LogP contribution in [0.3, 0.4) is 0 Å². The Bertz CT molecular complexity index is 1360. The van der Waals surface area contributed by atoms with Crippen molar-refractivity contribution in [2.75, 3.05) is 16.9 Å². The number of aromatic nitrogens is 1. The van der Waals surface area contributed by atoms with Gasteiger partial charge in [-0.2, -0.15) is 0 Å². The van der Waals surface area contributed by atoms with Crippen molar-refractivity contribution in [2.24, 2.45) is 4.99 Å². The number of anilines is 1. The highest BCUT2D eigenvalue weighted by Crippen LogP contribution is 2.39. The van der Waals surface area contributed by atoms with Gasteiger partial charge in [0.15, 0.2) is 0 Å². The number of rotatable bonds is 7. The largest absolute Gasteiger partial charge is 0.573 e. The number of aromatic amines is 1. The number of ether oxygens (including phenoxy) is 1. The zero-order valence-electron chi connectivity index (χ0n) is 17.7. The average molecular weight is 532 g/mol. The Balaban J connectivity index is 1.81. The molecular weight excluding hydrogens is 511 g/mol. The summed E-state index contributed by atoms with van der Waals surface area (Å²) < 4.78 is 70.0. The number of benzene rings is 2. The second-order valence-corrected chi connectivity index (χ2v) is 11.3. The van der Waals surface area contributed by atoms with Gasteiger partial charge in [0.2, 0.25) is 0 Å². The van der Waals surface area contributed by atoms with E-state index in [0.717, 1.165) is 6.07 Å². The Morgan fingerprint density at radius 3 is 2.74 bits per heavy atom. The van der Waals surface area contributed by atoms with Crippen LogP contribution in [-0.2, 0) is 10.0 Å². The molecule has 0 saturated heterocycles. The molecule has 1 aliphatic rings. The lowest BCUT2D eigenvalue weighted by Gasteiger charge is -2.20. The average Bonchev–Trinajstić information content (AvgIpc) is 3.38. The number of aliphatic hydroxyl groups is 1. The molecule has 2 heterocycles. The monoisotopic (exact) mass is 531 g/mol. The number of thiol groups is 1. The van der Waals surface area contributed by atoms with Crippen molar-refractivity contribution in [2.45, 2.75) is 29.9 Å². The summed E-state index contributed by atoms with van der Waals surface area (Å²) in [6.45, 7) is 2.23. The molecule has 0 bridgehead atoms. The zero-order valence-corrected chi connectivity index (χ0v) is 20.2. The molecule has 2 aromatic carbocycles. The number of aliphatic imine (C=N–C) groups is 1. The molecule has 0 saturated carbocycles. The van der Waals surface area contributed by atoms with Gasteiger partial charge in [-0.05, 0) is 56.0 Å². The lowest BCUT2D eigenvalue weighted by atomic mass is 10.2. The Hall–Kier alpha value is -2.35. The summed E-state index contributed by atoms with van der Waals surface area (Å²) in [7, 11) is -4.21. The minimum atomic E-state index is -4.97. The quantitative estimate of drug-likeness (QED) is 0.386. The van der Waals surface area contributed by atoms with E-state index in [-0.39, 0.29) is 28.0 Å². The number of hydrogen-bond donors (Lipinski definition) is 3. The van der Waals surface area contributed by atoms with E-state index in [0.29, 0.717) is 38.4 Å². The number of sulfonamides is 1. The van der Waals surface area contributed by atoms with Gasteiger partial charge in [-0.25, -0.2) is 12.1 Å². The molecule has 34 heavy (non-hydrogen) atoms. The first-order valence-electron chi connectivity index (χ1n) is 10.0. The Morgan fingerprint density at radius 2 is 2.06 bits per heavy atom. The molecule has 1 atom stereocenters. The SMILES string of the molecule is Cc1cccc(S(=O)(=O)N(S)c2cc(OC(F)(F)F)cc3cc(C4=NCC(CCO)S4)[nH]c23)c1. The maximum Gasteiger partial charge on any atom is 0.573 e. The van der Waals surface area contributed by atoms with Crippen LogP contribution in [0.1, 0.15) is 17.7 Å². The van der Waals surface area contributed by atoms with E-state index in [1.807, 2.05) is 0 Å². The van der Waals surface area contributed by atoms with Crippen molar-refractivity contribution in [3.63, 3.8) is 0 Å². The number of halogens is 3. The van der Waals surface area contributed by atoms with Gasteiger partial charge >= 0.3 is 6.36 Å². The normalized spacial score (nSPS) is 16.6. The van der Waals surface area contributed by atoms with E-state index in [1.54, 1.807) is 25.1 Å². The fourth-order valence-electron chi connectivity index (χ4n) is 3.52. The minimum Gasteiger partial charge on any atom is -0.406 e. The fourth-order valence-corrected chi connectivity index (χ4v) is 6.22. The second kappa shape index (κ2) is 9.36. The molecule has 13 heteroatoms. The summed E-state index contributed by atoms with van der Waals surface area (Å²) in [5.41, 5.74) is 1.33. The van der Waals surface area contributed by atoms with Crippen LogP contribution in [0, 0.1) is 6.92 Å². The smallest absolute Gasteiger partial charge is 0.406 e. The molecule has 0 aliphatic carbocycles. The van der Waals surface area contributed by atoms with Crippen molar-refractivity contribution in [3.05, 3.63) is 53.7 Å². The van der Waals surface area contributed by atoms with Crippen molar-refractivity contribution in [1.29, 1.82) is 0 Å². The number of hydrogen-bond acceptors (Lipinski definition) is 7. The lowest BCUT2D eigenvalue weighted by Crippen LogP contribution is -2.22. The predicted molar refractivity (Wildman–Crippen MR) is 129 cm³/mol. The van der Waals surface area contributed by atoms with Crippen LogP contribution in [-0.4, -0.2) is 48.3 Å². The molecule has 182 valence electrons. The third kappa shape index (κ3) is 5.16. The van der Waals surface area contributed by atoms with E-state index in [1.165, 1.54) is 30.0 Å². The van der Waals surface area contributed by atoms with Crippen LogP contribution in [0.15, 0.2) is 52.4 Å². The molecule has 3 aromatic rings. The number of aryl methyl sites for hydroxylation is 1. The molecule has 1 aliphatic heterocycles. The first-order chi connectivity index (χ1) is 16.0. The highest BCUT2D eigenvalue weighted by atomic mass is 32.3.